The van der Waals surface area contributed by atoms with E-state index >= 15 is 0 Å². The Morgan fingerprint density at radius 2 is 2.47 bits per heavy atom. The number of nitrogens with zero attached hydrogens (tertiary/aromatic N) is 2. The molecule has 2 rings (SSSR count). The molecule has 1 saturated heterocycles. The number of nitrogens with one attached hydrogen (secondary N) is 1. The molecular weight excluding hydrogens is 194 g/mol. The molecule has 1 N–H and O–H groups in total. The molecule has 1 unspecified atom stereocenters. The Bertz CT molecular complexity index is 298. The highest BCUT2D eigenvalue weighted by Gasteiger charge is 2.28. The fraction of sp³-hybridized carbons (Fsp3) is 0.800. The van der Waals surface area contributed by atoms with Crippen LogP contribution in [0.15, 0.2) is 10.9 Å². The second kappa shape index (κ2) is 4.28. The van der Waals surface area contributed by atoms with Crippen LogP contribution in [0, 0.1) is 0 Å². The predicted molar refractivity (Wildman–Crippen MR) is 54.2 cm³/mol. The molecular formula is C10H17N3O2. The lowest BCUT2D eigenvalue weighted by Gasteiger charge is -2.35. The highest BCUT2D eigenvalue weighted by Crippen LogP contribution is 2.23. The second-order valence-corrected chi connectivity index (χ2v) is 4.53. The molecule has 1 aromatic rings. The van der Waals surface area contributed by atoms with E-state index in [2.05, 4.69) is 33.8 Å². The Morgan fingerprint density at radius 3 is 3.13 bits per heavy atom. The van der Waals surface area contributed by atoms with Gasteiger partial charge in [0.05, 0.1) is 12.1 Å². The van der Waals surface area contributed by atoms with Gasteiger partial charge in [-0.2, -0.15) is 4.98 Å². The van der Waals surface area contributed by atoms with E-state index in [1.165, 1.54) is 6.39 Å². The fourth-order valence-electron chi connectivity index (χ4n) is 1.91. The van der Waals surface area contributed by atoms with Gasteiger partial charge in [-0.15, -0.1) is 0 Å². The van der Waals surface area contributed by atoms with E-state index in [-0.39, 0.29) is 5.60 Å². The molecule has 1 aromatic heterocycles. The van der Waals surface area contributed by atoms with Gasteiger partial charge in [-0.05, 0) is 26.7 Å². The van der Waals surface area contributed by atoms with Crippen LogP contribution >= 0.6 is 0 Å². The average Bonchev–Trinajstić information content (AvgIpc) is 2.65. The molecule has 2 heterocycles. The summed E-state index contributed by atoms with van der Waals surface area (Å²) in [6, 6.07) is 0.479. The van der Waals surface area contributed by atoms with Gasteiger partial charge in [0, 0.05) is 12.6 Å². The van der Waals surface area contributed by atoms with E-state index in [0.29, 0.717) is 18.4 Å². The first-order valence-corrected chi connectivity index (χ1v) is 5.28. The largest absolute Gasteiger partial charge is 0.375 e. The van der Waals surface area contributed by atoms with Crippen molar-refractivity contribution in [2.45, 2.75) is 44.9 Å². The molecule has 1 fully saturated rings. The van der Waals surface area contributed by atoms with Crippen molar-refractivity contribution in [1.82, 2.24) is 15.5 Å². The Hall–Kier alpha value is -0.940. The fourth-order valence-corrected chi connectivity index (χ4v) is 1.91. The summed E-state index contributed by atoms with van der Waals surface area (Å²) in [5, 5.41) is 7.17. The van der Waals surface area contributed by atoms with Crippen molar-refractivity contribution in [2.24, 2.45) is 0 Å². The summed E-state index contributed by atoms with van der Waals surface area (Å²) in [5.74, 6) is 0.708. The maximum Gasteiger partial charge on any atom is 0.213 e. The third-order valence-electron chi connectivity index (χ3n) is 2.65. The van der Waals surface area contributed by atoms with E-state index in [1.807, 2.05) is 0 Å². The van der Waals surface area contributed by atoms with Gasteiger partial charge in [0.2, 0.25) is 6.39 Å². The monoisotopic (exact) mass is 211 g/mol. The minimum Gasteiger partial charge on any atom is -0.375 e. The van der Waals surface area contributed by atoms with E-state index in [9.17, 15) is 0 Å². The first-order chi connectivity index (χ1) is 7.16. The highest BCUT2D eigenvalue weighted by molar-refractivity contribution is 4.85. The first kappa shape index (κ1) is 10.6. The van der Waals surface area contributed by atoms with Crippen molar-refractivity contribution >= 4 is 0 Å². The summed E-state index contributed by atoms with van der Waals surface area (Å²) in [5.41, 5.74) is -0.0207. The zero-order chi connectivity index (χ0) is 10.7. The van der Waals surface area contributed by atoms with Crippen molar-refractivity contribution < 1.29 is 9.26 Å². The second-order valence-electron chi connectivity index (χ2n) is 4.53. The topological polar surface area (TPSA) is 60.2 Å². The first-order valence-electron chi connectivity index (χ1n) is 5.28. The molecule has 0 bridgehead atoms. The molecule has 0 spiro atoms. The van der Waals surface area contributed by atoms with Gasteiger partial charge >= 0.3 is 0 Å². The summed E-state index contributed by atoms with van der Waals surface area (Å²) in [7, 11) is 0. The summed E-state index contributed by atoms with van der Waals surface area (Å²) in [6.45, 7) is 5.72. The third kappa shape index (κ3) is 3.00. The molecule has 0 amide bonds. The van der Waals surface area contributed by atoms with Crippen LogP contribution < -0.4 is 5.32 Å². The normalized spacial score (nSPS) is 25.3. The summed E-state index contributed by atoms with van der Waals surface area (Å²) < 4.78 is 10.3. The van der Waals surface area contributed by atoms with E-state index in [4.69, 9.17) is 4.74 Å². The molecule has 1 aliphatic rings. The van der Waals surface area contributed by atoms with Crippen LogP contribution in [0.2, 0.25) is 0 Å². The zero-order valence-corrected chi connectivity index (χ0v) is 9.19. The number of ether oxygens (including phenoxy) is 1. The quantitative estimate of drug-likeness (QED) is 0.811. The number of aromatic nitrogens is 2. The van der Waals surface area contributed by atoms with E-state index < -0.39 is 0 Å². The lowest BCUT2D eigenvalue weighted by molar-refractivity contribution is -0.0631. The smallest absolute Gasteiger partial charge is 0.213 e. The molecule has 0 radical (unpaired) electrons. The maximum atomic E-state index is 5.64. The Labute approximate surface area is 89.2 Å². The Balaban J connectivity index is 1.80. The van der Waals surface area contributed by atoms with Crippen molar-refractivity contribution in [3.8, 4) is 0 Å². The van der Waals surface area contributed by atoms with Gasteiger partial charge in [-0.1, -0.05) is 5.16 Å². The van der Waals surface area contributed by atoms with Crippen LogP contribution in [-0.2, 0) is 11.3 Å². The lowest BCUT2D eigenvalue weighted by Crippen LogP contribution is -2.43. The van der Waals surface area contributed by atoms with Crippen LogP contribution in [0.25, 0.3) is 0 Å². The van der Waals surface area contributed by atoms with Gasteiger partial charge in [-0.3, -0.25) is 0 Å². The SMILES string of the molecule is CC1(C)CC(NCc2ncon2)CCO1. The molecule has 0 saturated carbocycles. The number of rotatable bonds is 3. The predicted octanol–water partition coefficient (Wildman–Crippen LogP) is 1.12. The van der Waals surface area contributed by atoms with Crippen LogP contribution in [0.3, 0.4) is 0 Å². The van der Waals surface area contributed by atoms with E-state index in [0.717, 1.165) is 19.4 Å². The molecule has 5 nitrogen and oxygen atoms in total. The van der Waals surface area contributed by atoms with Crippen LogP contribution in [0.1, 0.15) is 32.5 Å². The zero-order valence-electron chi connectivity index (χ0n) is 9.19. The summed E-state index contributed by atoms with van der Waals surface area (Å²) >= 11 is 0. The van der Waals surface area contributed by atoms with Gasteiger partial charge in [-0.25, -0.2) is 0 Å². The molecule has 1 aliphatic heterocycles. The van der Waals surface area contributed by atoms with Crippen LogP contribution in [-0.4, -0.2) is 28.4 Å². The van der Waals surface area contributed by atoms with Crippen LogP contribution in [0.5, 0.6) is 0 Å². The number of hydrogen-bond acceptors (Lipinski definition) is 5. The van der Waals surface area contributed by atoms with Gasteiger partial charge in [0.1, 0.15) is 0 Å². The van der Waals surface area contributed by atoms with Crippen LogP contribution in [0.4, 0.5) is 0 Å². The Morgan fingerprint density at radius 1 is 1.60 bits per heavy atom. The highest BCUT2D eigenvalue weighted by atomic mass is 16.5. The Kier molecular flexibility index (Phi) is 3.02. The number of hydrogen-bond donors (Lipinski definition) is 1. The molecule has 0 aromatic carbocycles. The molecule has 84 valence electrons. The van der Waals surface area contributed by atoms with Gasteiger partial charge in [0.25, 0.3) is 0 Å². The minimum absolute atomic E-state index is 0.0207. The average molecular weight is 211 g/mol. The molecule has 1 atom stereocenters. The van der Waals surface area contributed by atoms with Crippen molar-refractivity contribution in [3.63, 3.8) is 0 Å². The van der Waals surface area contributed by atoms with Crippen molar-refractivity contribution in [2.75, 3.05) is 6.61 Å². The van der Waals surface area contributed by atoms with Gasteiger partial charge in [0.15, 0.2) is 5.82 Å². The van der Waals surface area contributed by atoms with Gasteiger partial charge < -0.3 is 14.6 Å². The van der Waals surface area contributed by atoms with E-state index in [1.54, 1.807) is 0 Å². The molecule has 15 heavy (non-hydrogen) atoms. The van der Waals surface area contributed by atoms with Crippen molar-refractivity contribution in [3.05, 3.63) is 12.2 Å². The standard InChI is InChI=1S/C10H17N3O2/c1-10(2)5-8(3-4-14-10)11-6-9-12-7-15-13-9/h7-8,11H,3-6H2,1-2H3. The third-order valence-corrected chi connectivity index (χ3v) is 2.65. The maximum absolute atomic E-state index is 5.64. The molecule has 5 heteroatoms. The summed E-state index contributed by atoms with van der Waals surface area (Å²) in [4.78, 5) is 3.97. The molecule has 0 aliphatic carbocycles. The minimum atomic E-state index is -0.0207. The lowest BCUT2D eigenvalue weighted by atomic mass is 9.94. The van der Waals surface area contributed by atoms with Crippen molar-refractivity contribution in [1.29, 1.82) is 0 Å². The summed E-state index contributed by atoms with van der Waals surface area (Å²) in [6.07, 6.45) is 3.41.